The second-order valence-corrected chi connectivity index (χ2v) is 5.37. The lowest BCUT2D eigenvalue weighted by Gasteiger charge is -2.32. The third-order valence-electron chi connectivity index (χ3n) is 3.75. The van der Waals surface area contributed by atoms with E-state index in [1.54, 1.807) is 4.90 Å². The Balaban J connectivity index is 1.73. The van der Waals surface area contributed by atoms with E-state index in [0.29, 0.717) is 32.2 Å². The van der Waals surface area contributed by atoms with Crippen LogP contribution in [0.15, 0.2) is 12.2 Å². The van der Waals surface area contributed by atoms with Crippen molar-refractivity contribution in [3.63, 3.8) is 0 Å². The van der Waals surface area contributed by atoms with E-state index in [1.165, 1.54) is 0 Å². The van der Waals surface area contributed by atoms with Crippen molar-refractivity contribution in [2.45, 2.75) is 31.8 Å². The number of carboxylic acids is 1. The minimum absolute atomic E-state index is 0.0583. The Morgan fingerprint density at radius 2 is 2.25 bits per heavy atom. The largest absolute Gasteiger partial charge is 0.481 e. The summed E-state index contributed by atoms with van der Waals surface area (Å²) in [6.07, 6.45) is 7.10. The first-order valence-electron chi connectivity index (χ1n) is 7.16. The molecule has 1 fully saturated rings. The molecule has 0 aromatic rings. The van der Waals surface area contributed by atoms with Gasteiger partial charge < -0.3 is 20.1 Å². The Morgan fingerprint density at radius 1 is 1.40 bits per heavy atom. The number of allylic oxidation sites excluding steroid dienone is 2. The highest BCUT2D eigenvalue weighted by Crippen LogP contribution is 2.17. The Morgan fingerprint density at radius 3 is 2.95 bits per heavy atom. The average Bonchev–Trinajstić information content (AvgIpc) is 2.45. The smallest absolute Gasteiger partial charge is 0.317 e. The van der Waals surface area contributed by atoms with Gasteiger partial charge in [0, 0.05) is 19.6 Å². The molecule has 2 N–H and O–H groups in total. The summed E-state index contributed by atoms with van der Waals surface area (Å²) in [6, 6.07) is -0.113. The molecule has 2 atom stereocenters. The fourth-order valence-electron chi connectivity index (χ4n) is 2.61. The Labute approximate surface area is 118 Å². The van der Waals surface area contributed by atoms with E-state index in [-0.39, 0.29) is 12.5 Å². The van der Waals surface area contributed by atoms with Crippen LogP contribution in [-0.4, -0.2) is 54.4 Å². The average molecular weight is 282 g/mol. The molecule has 1 aliphatic carbocycles. The predicted molar refractivity (Wildman–Crippen MR) is 73.4 cm³/mol. The molecule has 112 valence electrons. The van der Waals surface area contributed by atoms with Gasteiger partial charge in [0.2, 0.25) is 0 Å². The molecule has 2 unspecified atom stereocenters. The zero-order chi connectivity index (χ0) is 14.4. The van der Waals surface area contributed by atoms with Crippen LogP contribution in [0.2, 0.25) is 0 Å². The van der Waals surface area contributed by atoms with Gasteiger partial charge in [-0.2, -0.15) is 0 Å². The lowest BCUT2D eigenvalue weighted by molar-refractivity contribution is -0.141. The number of nitrogens with one attached hydrogen (secondary N) is 1. The van der Waals surface area contributed by atoms with Crippen molar-refractivity contribution in [3.05, 3.63) is 12.2 Å². The highest BCUT2D eigenvalue weighted by Gasteiger charge is 2.26. The molecule has 1 heterocycles. The van der Waals surface area contributed by atoms with Crippen molar-refractivity contribution in [2.24, 2.45) is 5.92 Å². The second kappa shape index (κ2) is 7.28. The summed E-state index contributed by atoms with van der Waals surface area (Å²) in [5.74, 6) is -0.383. The standard InChI is InChI=1S/C14H22N2O4/c17-13(18)8-12-10-16(6-7-20-12)14(19)15-9-11-4-2-1-3-5-11/h1-2,11-12H,3-10H2,(H,15,19)(H,17,18). The monoisotopic (exact) mass is 282 g/mol. The molecule has 0 aromatic heterocycles. The number of urea groups is 1. The third kappa shape index (κ3) is 4.52. The predicted octanol–water partition coefficient (Wildman–Crippen LogP) is 1.23. The van der Waals surface area contributed by atoms with Gasteiger partial charge in [-0.25, -0.2) is 4.79 Å². The summed E-state index contributed by atoms with van der Waals surface area (Å²) in [5, 5.41) is 11.7. The van der Waals surface area contributed by atoms with Crippen LogP contribution in [0.25, 0.3) is 0 Å². The number of ether oxygens (including phenoxy) is 1. The van der Waals surface area contributed by atoms with Crippen LogP contribution in [0.3, 0.4) is 0 Å². The lowest BCUT2D eigenvalue weighted by Crippen LogP contribution is -2.50. The number of carboxylic acid groups (broad SMARTS) is 1. The molecule has 0 spiro atoms. The molecule has 1 aliphatic heterocycles. The van der Waals surface area contributed by atoms with Crippen molar-refractivity contribution in [1.82, 2.24) is 10.2 Å². The van der Waals surface area contributed by atoms with E-state index in [9.17, 15) is 9.59 Å². The minimum Gasteiger partial charge on any atom is -0.481 e. The Kier molecular flexibility index (Phi) is 5.40. The molecule has 6 nitrogen and oxygen atoms in total. The van der Waals surface area contributed by atoms with Gasteiger partial charge in [0.25, 0.3) is 0 Å². The summed E-state index contributed by atoms with van der Waals surface area (Å²) in [4.78, 5) is 24.4. The van der Waals surface area contributed by atoms with E-state index >= 15 is 0 Å². The van der Waals surface area contributed by atoms with E-state index in [1.807, 2.05) is 0 Å². The van der Waals surface area contributed by atoms with Crippen molar-refractivity contribution in [2.75, 3.05) is 26.2 Å². The molecular formula is C14H22N2O4. The zero-order valence-corrected chi connectivity index (χ0v) is 11.6. The molecule has 20 heavy (non-hydrogen) atoms. The van der Waals surface area contributed by atoms with Gasteiger partial charge in [0.05, 0.1) is 19.1 Å². The van der Waals surface area contributed by atoms with Gasteiger partial charge in [-0.15, -0.1) is 0 Å². The number of amides is 2. The lowest BCUT2D eigenvalue weighted by atomic mass is 9.94. The molecule has 0 bridgehead atoms. The summed E-state index contributed by atoms with van der Waals surface area (Å²) in [6.45, 7) is 1.96. The number of hydrogen-bond donors (Lipinski definition) is 2. The summed E-state index contributed by atoms with van der Waals surface area (Å²) < 4.78 is 5.35. The molecule has 0 saturated carbocycles. The summed E-state index contributed by atoms with van der Waals surface area (Å²) >= 11 is 0. The van der Waals surface area contributed by atoms with Crippen LogP contribution in [0.1, 0.15) is 25.7 Å². The minimum atomic E-state index is -0.897. The third-order valence-corrected chi connectivity index (χ3v) is 3.75. The number of hydrogen-bond acceptors (Lipinski definition) is 3. The molecular weight excluding hydrogens is 260 g/mol. The van der Waals surface area contributed by atoms with E-state index in [4.69, 9.17) is 9.84 Å². The number of carbonyl (C=O) groups excluding carboxylic acids is 1. The quantitative estimate of drug-likeness (QED) is 0.760. The highest BCUT2D eigenvalue weighted by molar-refractivity contribution is 5.74. The topological polar surface area (TPSA) is 78.9 Å². The van der Waals surface area contributed by atoms with Gasteiger partial charge in [-0.3, -0.25) is 4.79 Å². The van der Waals surface area contributed by atoms with Gasteiger partial charge in [-0.1, -0.05) is 12.2 Å². The van der Waals surface area contributed by atoms with Crippen molar-refractivity contribution >= 4 is 12.0 Å². The second-order valence-electron chi connectivity index (χ2n) is 5.37. The van der Waals surface area contributed by atoms with Gasteiger partial charge in [0.15, 0.2) is 0 Å². The van der Waals surface area contributed by atoms with Crippen molar-refractivity contribution < 1.29 is 19.4 Å². The van der Waals surface area contributed by atoms with Crippen LogP contribution in [0, 0.1) is 5.92 Å². The zero-order valence-electron chi connectivity index (χ0n) is 11.6. The SMILES string of the molecule is O=C(O)CC1CN(C(=O)NCC2CC=CCC2)CCO1. The molecule has 0 aromatic carbocycles. The number of carbonyl (C=O) groups is 2. The van der Waals surface area contributed by atoms with E-state index in [0.717, 1.165) is 19.3 Å². The van der Waals surface area contributed by atoms with Crippen LogP contribution in [0.5, 0.6) is 0 Å². The first kappa shape index (κ1) is 14.8. The van der Waals surface area contributed by atoms with Gasteiger partial charge in [0.1, 0.15) is 0 Å². The molecule has 6 heteroatoms. The van der Waals surface area contributed by atoms with Crippen LogP contribution in [-0.2, 0) is 9.53 Å². The summed E-state index contributed by atoms with van der Waals surface area (Å²) in [7, 11) is 0. The maximum atomic E-state index is 12.1. The fourth-order valence-corrected chi connectivity index (χ4v) is 2.61. The van der Waals surface area contributed by atoms with E-state index in [2.05, 4.69) is 17.5 Å². The van der Waals surface area contributed by atoms with E-state index < -0.39 is 12.1 Å². The number of aliphatic carboxylic acids is 1. The normalized spacial score (nSPS) is 26.3. The highest BCUT2D eigenvalue weighted by atomic mass is 16.5. The molecule has 1 saturated heterocycles. The van der Waals surface area contributed by atoms with Crippen molar-refractivity contribution in [3.8, 4) is 0 Å². The number of morpholine rings is 1. The summed E-state index contributed by atoms with van der Waals surface area (Å²) in [5.41, 5.74) is 0. The van der Waals surface area contributed by atoms with Crippen LogP contribution in [0.4, 0.5) is 4.79 Å². The maximum absolute atomic E-state index is 12.1. The van der Waals surface area contributed by atoms with Gasteiger partial charge >= 0.3 is 12.0 Å². The van der Waals surface area contributed by atoms with Crippen LogP contribution < -0.4 is 5.32 Å². The van der Waals surface area contributed by atoms with Gasteiger partial charge in [-0.05, 0) is 25.2 Å². The molecule has 0 radical (unpaired) electrons. The Hall–Kier alpha value is -1.56. The van der Waals surface area contributed by atoms with Crippen LogP contribution >= 0.6 is 0 Å². The Bertz CT molecular complexity index is 383. The molecule has 2 amide bonds. The first-order chi connectivity index (χ1) is 9.65. The maximum Gasteiger partial charge on any atom is 0.317 e. The fraction of sp³-hybridized carbons (Fsp3) is 0.714. The first-order valence-corrected chi connectivity index (χ1v) is 7.16. The molecule has 2 rings (SSSR count). The number of nitrogens with zero attached hydrogens (tertiary/aromatic N) is 1. The van der Waals surface area contributed by atoms with Crippen molar-refractivity contribution in [1.29, 1.82) is 0 Å². The molecule has 2 aliphatic rings. The number of rotatable bonds is 4.